The van der Waals surface area contributed by atoms with Gasteiger partial charge in [0.1, 0.15) is 0 Å². The number of nitrogens with zero attached hydrogens (tertiary/aromatic N) is 6. The third kappa shape index (κ3) is 3.04. The summed E-state index contributed by atoms with van der Waals surface area (Å²) in [4.78, 5) is 15.2. The number of nitrogens with one attached hydrogen (secondary N) is 1. The van der Waals surface area contributed by atoms with E-state index in [1.807, 2.05) is 13.1 Å². The molecule has 112 valence electrons. The maximum Gasteiger partial charge on any atom is 0.328 e. The van der Waals surface area contributed by atoms with Crippen LogP contribution < -0.4 is 15.0 Å². The Bertz CT molecular complexity index is 606. The van der Waals surface area contributed by atoms with Gasteiger partial charge in [-0.25, -0.2) is 0 Å². The summed E-state index contributed by atoms with van der Waals surface area (Å²) in [5.74, 6) is 1.78. The number of hydrogen-bond donors (Lipinski definition) is 1. The Labute approximate surface area is 123 Å². The predicted molar refractivity (Wildman–Crippen MR) is 78.8 cm³/mol. The van der Waals surface area contributed by atoms with Gasteiger partial charge in [0.25, 0.3) is 0 Å². The first-order chi connectivity index (χ1) is 10.3. The summed E-state index contributed by atoms with van der Waals surface area (Å²) in [7, 11) is 1.78. The van der Waals surface area contributed by atoms with Crippen LogP contribution in [0, 0.1) is 0 Å². The number of hydrogen-bond acceptors (Lipinski definition) is 7. The third-order valence-corrected chi connectivity index (χ3v) is 3.36. The van der Waals surface area contributed by atoms with E-state index in [1.165, 1.54) is 12.8 Å². The van der Waals surface area contributed by atoms with Crippen LogP contribution in [0.4, 0.5) is 11.9 Å². The van der Waals surface area contributed by atoms with Gasteiger partial charge in [-0.1, -0.05) is 0 Å². The highest BCUT2D eigenvalue weighted by molar-refractivity contribution is 5.39. The van der Waals surface area contributed by atoms with Crippen LogP contribution in [0.15, 0.2) is 12.4 Å². The molecule has 0 spiro atoms. The summed E-state index contributed by atoms with van der Waals surface area (Å²) in [5, 5.41) is 7.11. The SMILES string of the molecule is CCn1cc(Oc2nc(NC)nc(N3CCCC3)n2)cn1. The van der Waals surface area contributed by atoms with Crippen LogP contribution in [0.3, 0.4) is 0 Å². The van der Waals surface area contributed by atoms with E-state index < -0.39 is 0 Å². The van der Waals surface area contributed by atoms with Crippen molar-refractivity contribution in [3.63, 3.8) is 0 Å². The molecule has 1 aliphatic rings. The van der Waals surface area contributed by atoms with Gasteiger partial charge < -0.3 is 15.0 Å². The molecule has 0 saturated carbocycles. The zero-order valence-corrected chi connectivity index (χ0v) is 12.3. The van der Waals surface area contributed by atoms with Crippen LogP contribution >= 0.6 is 0 Å². The summed E-state index contributed by atoms with van der Waals surface area (Å²) in [6, 6.07) is 0.284. The lowest BCUT2D eigenvalue weighted by atomic mass is 10.4. The van der Waals surface area contributed by atoms with Gasteiger partial charge in [0.2, 0.25) is 11.9 Å². The molecule has 0 aliphatic carbocycles. The molecule has 2 aromatic rings. The fraction of sp³-hybridized carbons (Fsp3) is 0.538. The van der Waals surface area contributed by atoms with Gasteiger partial charge in [0.05, 0.1) is 12.4 Å². The van der Waals surface area contributed by atoms with Crippen LogP contribution in [0.2, 0.25) is 0 Å². The van der Waals surface area contributed by atoms with Gasteiger partial charge >= 0.3 is 6.01 Å². The van der Waals surface area contributed by atoms with E-state index in [-0.39, 0.29) is 6.01 Å². The lowest BCUT2D eigenvalue weighted by Gasteiger charge is -2.16. The van der Waals surface area contributed by atoms with E-state index in [0.29, 0.717) is 17.6 Å². The quantitative estimate of drug-likeness (QED) is 0.893. The first kappa shape index (κ1) is 13.6. The molecule has 8 nitrogen and oxygen atoms in total. The molecule has 3 heterocycles. The highest BCUT2D eigenvalue weighted by atomic mass is 16.5. The number of ether oxygens (including phenoxy) is 1. The lowest BCUT2D eigenvalue weighted by molar-refractivity contribution is 0.439. The maximum atomic E-state index is 5.69. The Hall–Kier alpha value is -2.38. The molecule has 0 bridgehead atoms. The van der Waals surface area contributed by atoms with Crippen LogP contribution in [0.25, 0.3) is 0 Å². The van der Waals surface area contributed by atoms with Crippen molar-refractivity contribution in [2.45, 2.75) is 26.3 Å². The molecule has 1 saturated heterocycles. The molecule has 8 heteroatoms. The predicted octanol–water partition coefficient (Wildman–Crippen LogP) is 1.52. The highest BCUT2D eigenvalue weighted by Crippen LogP contribution is 2.22. The van der Waals surface area contributed by atoms with Crippen LogP contribution in [-0.2, 0) is 6.54 Å². The summed E-state index contributed by atoms with van der Waals surface area (Å²) in [5.41, 5.74) is 0. The maximum absolute atomic E-state index is 5.69. The minimum absolute atomic E-state index is 0.284. The molecule has 21 heavy (non-hydrogen) atoms. The highest BCUT2D eigenvalue weighted by Gasteiger charge is 2.18. The largest absolute Gasteiger partial charge is 0.421 e. The van der Waals surface area contributed by atoms with Crippen molar-refractivity contribution in [1.29, 1.82) is 0 Å². The fourth-order valence-electron chi connectivity index (χ4n) is 2.24. The molecule has 1 fully saturated rings. The van der Waals surface area contributed by atoms with Crippen LogP contribution in [0.1, 0.15) is 19.8 Å². The molecule has 3 rings (SSSR count). The van der Waals surface area contributed by atoms with Crippen LogP contribution in [0.5, 0.6) is 11.8 Å². The van der Waals surface area contributed by atoms with Gasteiger partial charge in [0, 0.05) is 26.7 Å². The third-order valence-electron chi connectivity index (χ3n) is 3.36. The molecular weight excluding hydrogens is 270 g/mol. The van der Waals surface area contributed by atoms with Gasteiger partial charge in [-0.2, -0.15) is 20.1 Å². The minimum atomic E-state index is 0.284. The van der Waals surface area contributed by atoms with Crippen molar-refractivity contribution in [3.8, 4) is 11.8 Å². The first-order valence-corrected chi connectivity index (χ1v) is 7.17. The standard InChI is InChI=1S/C13H19N7O/c1-3-20-9-10(8-15-20)21-13-17-11(14-2)16-12(18-13)19-6-4-5-7-19/h8-9H,3-7H2,1-2H3,(H,14,16,17,18). The van der Waals surface area contributed by atoms with E-state index in [9.17, 15) is 0 Å². The second kappa shape index (κ2) is 5.94. The molecule has 2 aromatic heterocycles. The molecular formula is C13H19N7O. The van der Waals surface area contributed by atoms with E-state index in [1.54, 1.807) is 17.9 Å². The smallest absolute Gasteiger partial charge is 0.328 e. The molecule has 0 atom stereocenters. The normalized spacial score (nSPS) is 14.5. The van der Waals surface area contributed by atoms with Gasteiger partial charge in [0.15, 0.2) is 5.75 Å². The van der Waals surface area contributed by atoms with Crippen molar-refractivity contribution in [2.75, 3.05) is 30.4 Å². The summed E-state index contributed by atoms with van der Waals surface area (Å²) >= 11 is 0. The van der Waals surface area contributed by atoms with Crippen molar-refractivity contribution in [2.24, 2.45) is 0 Å². The average molecular weight is 289 g/mol. The summed E-state index contributed by atoms with van der Waals surface area (Å²) in [6.07, 6.45) is 5.81. The lowest BCUT2D eigenvalue weighted by Crippen LogP contribution is -2.21. The number of rotatable bonds is 5. The minimum Gasteiger partial charge on any atom is -0.421 e. The molecule has 0 radical (unpaired) electrons. The fourth-order valence-corrected chi connectivity index (χ4v) is 2.24. The van der Waals surface area contributed by atoms with E-state index >= 15 is 0 Å². The average Bonchev–Trinajstić information content (AvgIpc) is 3.18. The second-order valence-corrected chi connectivity index (χ2v) is 4.82. The van der Waals surface area contributed by atoms with Gasteiger partial charge in [-0.3, -0.25) is 4.68 Å². The number of anilines is 2. The Morgan fingerprint density at radius 3 is 2.71 bits per heavy atom. The van der Waals surface area contributed by atoms with Crippen molar-refractivity contribution < 1.29 is 4.74 Å². The van der Waals surface area contributed by atoms with Gasteiger partial charge in [-0.05, 0) is 19.8 Å². The Morgan fingerprint density at radius 2 is 2.05 bits per heavy atom. The van der Waals surface area contributed by atoms with E-state index in [2.05, 4.69) is 30.3 Å². The Balaban J connectivity index is 1.84. The Morgan fingerprint density at radius 1 is 1.24 bits per heavy atom. The van der Waals surface area contributed by atoms with E-state index in [4.69, 9.17) is 4.74 Å². The van der Waals surface area contributed by atoms with Crippen LogP contribution in [-0.4, -0.2) is 44.9 Å². The summed E-state index contributed by atoms with van der Waals surface area (Å²) < 4.78 is 7.48. The summed E-state index contributed by atoms with van der Waals surface area (Å²) in [6.45, 7) is 4.76. The molecule has 0 amide bonds. The molecule has 0 aromatic carbocycles. The van der Waals surface area contributed by atoms with Crippen molar-refractivity contribution >= 4 is 11.9 Å². The zero-order valence-electron chi connectivity index (χ0n) is 12.3. The Kier molecular flexibility index (Phi) is 3.85. The topological polar surface area (TPSA) is 81.0 Å². The molecule has 1 N–H and O–H groups in total. The molecule has 0 unspecified atom stereocenters. The monoisotopic (exact) mass is 289 g/mol. The van der Waals surface area contributed by atoms with Gasteiger partial charge in [-0.15, -0.1) is 0 Å². The second-order valence-electron chi connectivity index (χ2n) is 4.82. The number of aromatic nitrogens is 5. The van der Waals surface area contributed by atoms with Crippen molar-refractivity contribution in [1.82, 2.24) is 24.7 Å². The number of aryl methyl sites for hydroxylation is 1. The molecule has 1 aliphatic heterocycles. The zero-order chi connectivity index (χ0) is 14.7. The first-order valence-electron chi connectivity index (χ1n) is 7.17. The van der Waals surface area contributed by atoms with Crippen molar-refractivity contribution in [3.05, 3.63) is 12.4 Å². The van der Waals surface area contributed by atoms with E-state index in [0.717, 1.165) is 19.6 Å².